The van der Waals surface area contributed by atoms with Gasteiger partial charge >= 0.3 is 5.97 Å². The second-order valence-electron chi connectivity index (χ2n) is 5.10. The normalized spacial score (nSPS) is 15.4. The van der Waals surface area contributed by atoms with Crippen LogP contribution in [0.15, 0.2) is 24.3 Å². The number of unbranched alkanes of at least 4 members (excludes halogenated alkanes) is 2. The molecule has 23 heavy (non-hydrogen) atoms. The van der Waals surface area contributed by atoms with Gasteiger partial charge in [-0.15, -0.1) is 0 Å². The maximum Gasteiger partial charge on any atom is 0.313 e. The Morgan fingerprint density at radius 1 is 1.35 bits per heavy atom. The van der Waals surface area contributed by atoms with Crippen LogP contribution in [0.4, 0.5) is 0 Å². The predicted molar refractivity (Wildman–Crippen MR) is 86.5 cm³/mol. The first-order valence-electron chi connectivity index (χ1n) is 7.81. The van der Waals surface area contributed by atoms with Crippen molar-refractivity contribution in [3.8, 4) is 11.8 Å². The predicted octanol–water partition coefficient (Wildman–Crippen LogP) is 2.56. The summed E-state index contributed by atoms with van der Waals surface area (Å²) in [6.07, 6.45) is 5.87. The molecule has 0 amide bonds. The molecule has 0 aromatic rings. The maximum atomic E-state index is 11.8. The fraction of sp³-hybridized carbons (Fsp3) is 0.556. The average molecular weight is 320 g/mol. The summed E-state index contributed by atoms with van der Waals surface area (Å²) in [6.45, 7) is 6.66. The number of esters is 1. The van der Waals surface area contributed by atoms with E-state index in [4.69, 9.17) is 14.2 Å². The fourth-order valence-electron chi connectivity index (χ4n) is 1.82. The van der Waals surface area contributed by atoms with Crippen LogP contribution in [0.2, 0.25) is 0 Å². The van der Waals surface area contributed by atoms with Crippen molar-refractivity contribution in [1.29, 1.82) is 0 Å². The Morgan fingerprint density at radius 2 is 2.09 bits per heavy atom. The number of rotatable bonds is 8. The van der Waals surface area contributed by atoms with E-state index in [1.54, 1.807) is 6.92 Å². The van der Waals surface area contributed by atoms with E-state index in [-0.39, 0.29) is 18.8 Å². The van der Waals surface area contributed by atoms with Gasteiger partial charge in [-0.1, -0.05) is 24.7 Å². The molecule has 1 saturated heterocycles. The Labute approximate surface area is 137 Å². The molecule has 126 valence electrons. The molecule has 0 spiro atoms. The van der Waals surface area contributed by atoms with Gasteiger partial charge in [0, 0.05) is 6.42 Å². The summed E-state index contributed by atoms with van der Waals surface area (Å²) in [5, 5.41) is 0. The smallest absolute Gasteiger partial charge is 0.313 e. The lowest BCUT2D eigenvalue weighted by molar-refractivity contribution is -0.144. The summed E-state index contributed by atoms with van der Waals surface area (Å²) in [7, 11) is 0. The first kappa shape index (κ1) is 19.1. The van der Waals surface area contributed by atoms with Gasteiger partial charge in [0.1, 0.15) is 13.0 Å². The number of hydrogen-bond donors (Lipinski definition) is 0. The zero-order valence-electron chi connectivity index (χ0n) is 13.6. The lowest BCUT2D eigenvalue weighted by Crippen LogP contribution is -2.22. The molecule has 0 atom stereocenters. The minimum absolute atomic E-state index is 0.127. The molecule has 1 fully saturated rings. The number of Topliss-reactive ketones (excluding diaryl/α,β-unsaturated/α-hetero) is 1. The third kappa shape index (κ3) is 8.97. The van der Waals surface area contributed by atoms with Crippen LogP contribution in [0, 0.1) is 11.8 Å². The summed E-state index contributed by atoms with van der Waals surface area (Å²) in [5.41, 5.74) is 0.576. The van der Waals surface area contributed by atoms with E-state index in [1.807, 2.05) is 6.08 Å². The average Bonchev–Trinajstić information content (AvgIpc) is 2.56. The van der Waals surface area contributed by atoms with Crippen molar-refractivity contribution in [2.75, 3.05) is 19.8 Å². The van der Waals surface area contributed by atoms with E-state index in [9.17, 15) is 9.59 Å². The summed E-state index contributed by atoms with van der Waals surface area (Å²) in [6, 6.07) is 0. The number of ketones is 1. The van der Waals surface area contributed by atoms with E-state index in [2.05, 4.69) is 18.4 Å². The second-order valence-corrected chi connectivity index (χ2v) is 5.10. The van der Waals surface area contributed by atoms with Crippen LogP contribution in [0.1, 0.15) is 39.0 Å². The molecule has 5 nitrogen and oxygen atoms in total. The standard InChI is InChI=1S/C18H24O5/c1-3-11-21-17(20)14-16(19)15(2)9-6-4-5-7-10-18-22-12-8-13-23-18/h3,9,18H,1,4-6,8,11-14H2,2H3/b15-9+. The fourth-order valence-corrected chi connectivity index (χ4v) is 1.82. The van der Waals surface area contributed by atoms with Crippen molar-refractivity contribution in [3.05, 3.63) is 24.3 Å². The molecule has 5 heteroatoms. The van der Waals surface area contributed by atoms with E-state index >= 15 is 0 Å². The largest absolute Gasteiger partial charge is 0.461 e. The highest BCUT2D eigenvalue weighted by Crippen LogP contribution is 2.06. The molecule has 0 aliphatic carbocycles. The second kappa shape index (κ2) is 11.6. The topological polar surface area (TPSA) is 61.8 Å². The van der Waals surface area contributed by atoms with Gasteiger partial charge in [0.2, 0.25) is 6.29 Å². The van der Waals surface area contributed by atoms with Crippen molar-refractivity contribution < 1.29 is 23.8 Å². The summed E-state index contributed by atoms with van der Waals surface area (Å²) >= 11 is 0. The molecule has 0 bridgehead atoms. The molecule has 0 unspecified atom stereocenters. The summed E-state index contributed by atoms with van der Waals surface area (Å²) < 4.78 is 15.4. The van der Waals surface area contributed by atoms with Crippen molar-refractivity contribution >= 4 is 11.8 Å². The van der Waals surface area contributed by atoms with Crippen LogP contribution in [0.5, 0.6) is 0 Å². The molecule has 1 rings (SSSR count). The van der Waals surface area contributed by atoms with Crippen LogP contribution in [0.25, 0.3) is 0 Å². The molecule has 1 heterocycles. The van der Waals surface area contributed by atoms with E-state index in [0.717, 1.165) is 19.3 Å². The molecular formula is C18H24O5. The third-order valence-corrected chi connectivity index (χ3v) is 3.11. The summed E-state index contributed by atoms with van der Waals surface area (Å²) in [4.78, 5) is 23.1. The van der Waals surface area contributed by atoms with Gasteiger partial charge in [-0.3, -0.25) is 9.59 Å². The van der Waals surface area contributed by atoms with Gasteiger partial charge in [-0.2, -0.15) is 0 Å². The Bertz CT molecular complexity index is 489. The van der Waals surface area contributed by atoms with Crippen molar-refractivity contribution in [1.82, 2.24) is 0 Å². The number of ether oxygens (including phenoxy) is 3. The Hall–Kier alpha value is -1.90. The third-order valence-electron chi connectivity index (χ3n) is 3.11. The Morgan fingerprint density at radius 3 is 2.78 bits per heavy atom. The highest BCUT2D eigenvalue weighted by Gasteiger charge is 2.12. The van der Waals surface area contributed by atoms with E-state index in [1.165, 1.54) is 6.08 Å². The van der Waals surface area contributed by atoms with Gasteiger partial charge in [0.05, 0.1) is 13.2 Å². The minimum Gasteiger partial charge on any atom is -0.461 e. The lowest BCUT2D eigenvalue weighted by atomic mass is 10.1. The van der Waals surface area contributed by atoms with E-state index in [0.29, 0.717) is 25.2 Å². The zero-order valence-corrected chi connectivity index (χ0v) is 13.6. The molecule has 0 aromatic carbocycles. The number of carbonyl (C=O) groups is 2. The Balaban J connectivity index is 2.20. The number of hydrogen-bond acceptors (Lipinski definition) is 5. The molecule has 0 saturated carbocycles. The van der Waals surface area contributed by atoms with Crippen LogP contribution >= 0.6 is 0 Å². The van der Waals surface area contributed by atoms with Crippen molar-refractivity contribution in [2.24, 2.45) is 0 Å². The molecule has 1 aliphatic rings. The highest BCUT2D eigenvalue weighted by molar-refractivity contribution is 6.05. The van der Waals surface area contributed by atoms with Gasteiger partial charge < -0.3 is 14.2 Å². The van der Waals surface area contributed by atoms with Crippen LogP contribution in [-0.2, 0) is 23.8 Å². The SMILES string of the molecule is C=CCOC(=O)CC(=O)/C(C)=C/CCCC#CC1OCCCO1. The van der Waals surface area contributed by atoms with Crippen LogP contribution in [0.3, 0.4) is 0 Å². The minimum atomic E-state index is -0.527. The van der Waals surface area contributed by atoms with Crippen molar-refractivity contribution in [2.45, 2.75) is 45.3 Å². The molecule has 0 radical (unpaired) electrons. The van der Waals surface area contributed by atoms with Crippen molar-refractivity contribution in [3.63, 3.8) is 0 Å². The monoisotopic (exact) mass is 320 g/mol. The van der Waals surface area contributed by atoms with Gasteiger partial charge in [0.25, 0.3) is 0 Å². The highest BCUT2D eigenvalue weighted by atomic mass is 16.7. The van der Waals surface area contributed by atoms with Gasteiger partial charge in [0.15, 0.2) is 5.78 Å². The molecule has 0 N–H and O–H groups in total. The summed E-state index contributed by atoms with van der Waals surface area (Å²) in [5.74, 6) is 5.20. The Kier molecular flexibility index (Phi) is 9.69. The van der Waals surface area contributed by atoms with Crippen LogP contribution < -0.4 is 0 Å². The molecule has 1 aliphatic heterocycles. The first-order chi connectivity index (χ1) is 11.1. The quantitative estimate of drug-likeness (QED) is 0.172. The maximum absolute atomic E-state index is 11.8. The van der Waals surface area contributed by atoms with E-state index < -0.39 is 12.3 Å². The zero-order chi connectivity index (χ0) is 16.9. The molecular weight excluding hydrogens is 296 g/mol. The van der Waals surface area contributed by atoms with Gasteiger partial charge in [-0.25, -0.2) is 0 Å². The first-order valence-corrected chi connectivity index (χ1v) is 7.81. The van der Waals surface area contributed by atoms with Crippen LogP contribution in [-0.4, -0.2) is 37.9 Å². The number of allylic oxidation sites excluding steroid dienone is 2. The molecule has 0 aromatic heterocycles. The van der Waals surface area contributed by atoms with Gasteiger partial charge in [-0.05, 0) is 37.7 Å². The lowest BCUT2D eigenvalue weighted by Gasteiger charge is -2.17. The number of carbonyl (C=O) groups excluding carboxylic acids is 2.